The lowest BCUT2D eigenvalue weighted by atomic mass is 10.1. The van der Waals surface area contributed by atoms with Gasteiger partial charge in [0.25, 0.3) is 5.91 Å². The monoisotopic (exact) mass is 276 g/mol. The second-order valence-electron chi connectivity index (χ2n) is 4.35. The second-order valence-corrected chi connectivity index (χ2v) is 5.35. The zero-order chi connectivity index (χ0) is 14.2. The van der Waals surface area contributed by atoms with Crippen LogP contribution >= 0.6 is 11.3 Å². The number of hydrogen-bond donors (Lipinski definition) is 2. The molecule has 0 saturated heterocycles. The first-order valence-corrected chi connectivity index (χ1v) is 6.78. The maximum Gasteiger partial charge on any atom is 0.267 e. The SMILES string of the molecule is C=C(CC)NC(=O)c1sc2nnc(C)c(C)c2c1N. The summed E-state index contributed by atoms with van der Waals surface area (Å²) in [5.41, 5.74) is 9.00. The molecule has 5 nitrogen and oxygen atoms in total. The van der Waals surface area contributed by atoms with Crippen LogP contribution in [0.4, 0.5) is 5.69 Å². The van der Waals surface area contributed by atoms with Gasteiger partial charge in [-0.15, -0.1) is 16.4 Å². The van der Waals surface area contributed by atoms with Gasteiger partial charge in [0.15, 0.2) is 0 Å². The molecule has 0 aromatic carbocycles. The molecule has 3 N–H and O–H groups in total. The number of carbonyl (C=O) groups excluding carboxylic acids is 1. The van der Waals surface area contributed by atoms with Crippen LogP contribution in [0.15, 0.2) is 12.3 Å². The Morgan fingerprint density at radius 2 is 2.11 bits per heavy atom. The Hall–Kier alpha value is -1.95. The summed E-state index contributed by atoms with van der Waals surface area (Å²) in [4.78, 5) is 13.3. The lowest BCUT2D eigenvalue weighted by molar-refractivity contribution is 0.0970. The van der Waals surface area contributed by atoms with E-state index >= 15 is 0 Å². The minimum Gasteiger partial charge on any atom is -0.397 e. The van der Waals surface area contributed by atoms with Gasteiger partial charge in [0.2, 0.25) is 0 Å². The van der Waals surface area contributed by atoms with Gasteiger partial charge in [0.05, 0.1) is 11.4 Å². The van der Waals surface area contributed by atoms with Gasteiger partial charge < -0.3 is 11.1 Å². The summed E-state index contributed by atoms with van der Waals surface area (Å²) in [6, 6.07) is 0. The topological polar surface area (TPSA) is 80.9 Å². The molecule has 0 aliphatic heterocycles. The molecule has 2 rings (SSSR count). The summed E-state index contributed by atoms with van der Waals surface area (Å²) < 4.78 is 0. The van der Waals surface area contributed by atoms with E-state index in [1.54, 1.807) is 0 Å². The van der Waals surface area contributed by atoms with Crippen molar-refractivity contribution >= 4 is 33.1 Å². The molecular weight excluding hydrogens is 260 g/mol. The number of nitrogens with two attached hydrogens (primary N) is 1. The number of fused-ring (bicyclic) bond motifs is 1. The fourth-order valence-corrected chi connectivity index (χ4v) is 2.71. The fourth-order valence-electron chi connectivity index (χ4n) is 1.71. The van der Waals surface area contributed by atoms with Crippen LogP contribution in [0, 0.1) is 13.8 Å². The third-order valence-corrected chi connectivity index (χ3v) is 4.15. The number of anilines is 1. The minimum atomic E-state index is -0.232. The van der Waals surface area contributed by atoms with Crippen LogP contribution in [0.2, 0.25) is 0 Å². The molecule has 2 aromatic heterocycles. The zero-order valence-electron chi connectivity index (χ0n) is 11.2. The summed E-state index contributed by atoms with van der Waals surface area (Å²) >= 11 is 1.26. The third-order valence-electron chi connectivity index (χ3n) is 3.06. The quantitative estimate of drug-likeness (QED) is 0.902. The molecule has 19 heavy (non-hydrogen) atoms. The van der Waals surface area contributed by atoms with Crippen molar-refractivity contribution in [1.29, 1.82) is 0 Å². The number of carbonyl (C=O) groups is 1. The first kappa shape index (κ1) is 13.5. The number of amides is 1. The van der Waals surface area contributed by atoms with E-state index in [0.29, 0.717) is 27.5 Å². The Morgan fingerprint density at radius 1 is 1.42 bits per heavy atom. The number of aromatic nitrogens is 2. The largest absolute Gasteiger partial charge is 0.397 e. The Labute approximate surface area is 115 Å². The van der Waals surface area contributed by atoms with Gasteiger partial charge in [-0.2, -0.15) is 5.10 Å². The van der Waals surface area contributed by atoms with Crippen LogP contribution in [0.25, 0.3) is 10.2 Å². The predicted molar refractivity (Wildman–Crippen MR) is 78.2 cm³/mol. The highest BCUT2D eigenvalue weighted by Gasteiger charge is 2.19. The molecule has 0 bridgehead atoms. The highest BCUT2D eigenvalue weighted by molar-refractivity contribution is 7.21. The Bertz CT molecular complexity index is 675. The maximum absolute atomic E-state index is 12.1. The van der Waals surface area contributed by atoms with Crippen molar-refractivity contribution in [2.24, 2.45) is 0 Å². The molecule has 0 spiro atoms. The maximum atomic E-state index is 12.1. The molecule has 0 fully saturated rings. The average molecular weight is 276 g/mol. The first-order valence-electron chi connectivity index (χ1n) is 5.96. The van der Waals surface area contributed by atoms with Gasteiger partial charge in [-0.3, -0.25) is 4.79 Å². The lowest BCUT2D eigenvalue weighted by Gasteiger charge is -2.05. The lowest BCUT2D eigenvalue weighted by Crippen LogP contribution is -2.21. The molecule has 0 atom stereocenters. The molecule has 2 aromatic rings. The van der Waals surface area contributed by atoms with E-state index in [1.165, 1.54) is 11.3 Å². The molecule has 1 amide bonds. The molecule has 100 valence electrons. The van der Waals surface area contributed by atoms with Gasteiger partial charge in [-0.05, 0) is 25.8 Å². The summed E-state index contributed by atoms with van der Waals surface area (Å²) in [5, 5.41) is 11.7. The highest BCUT2D eigenvalue weighted by atomic mass is 32.1. The van der Waals surface area contributed by atoms with Crippen LogP contribution in [0.1, 0.15) is 34.3 Å². The highest BCUT2D eigenvalue weighted by Crippen LogP contribution is 2.34. The fraction of sp³-hybridized carbons (Fsp3) is 0.308. The van der Waals surface area contributed by atoms with E-state index in [2.05, 4.69) is 22.1 Å². The number of thiophene rings is 1. The molecule has 0 unspecified atom stereocenters. The summed E-state index contributed by atoms with van der Waals surface area (Å²) in [7, 11) is 0. The smallest absolute Gasteiger partial charge is 0.267 e. The van der Waals surface area contributed by atoms with E-state index in [-0.39, 0.29) is 5.91 Å². The Balaban J connectivity index is 2.51. The standard InChI is InChI=1S/C13H16N4OS/c1-5-6(2)15-12(18)11-10(14)9-7(3)8(4)16-17-13(9)19-11/h2,5,14H2,1,3-4H3,(H,15,18). The van der Waals surface area contributed by atoms with Gasteiger partial charge in [0, 0.05) is 11.1 Å². The molecule has 0 saturated carbocycles. The molecule has 6 heteroatoms. The van der Waals surface area contributed by atoms with E-state index in [0.717, 1.165) is 16.6 Å². The van der Waals surface area contributed by atoms with Crippen LogP contribution in [-0.2, 0) is 0 Å². The van der Waals surface area contributed by atoms with Crippen molar-refractivity contribution in [2.45, 2.75) is 27.2 Å². The number of aryl methyl sites for hydroxylation is 2. The summed E-state index contributed by atoms with van der Waals surface area (Å²) in [6.07, 6.45) is 0.689. The average Bonchev–Trinajstić information content (AvgIpc) is 2.72. The Morgan fingerprint density at radius 3 is 2.74 bits per heavy atom. The van der Waals surface area contributed by atoms with Crippen molar-refractivity contribution < 1.29 is 4.79 Å². The summed E-state index contributed by atoms with van der Waals surface area (Å²) in [6.45, 7) is 9.49. The molecular formula is C13H16N4OS. The van der Waals surface area contributed by atoms with Gasteiger partial charge in [-0.1, -0.05) is 13.5 Å². The Kier molecular flexibility index (Phi) is 3.53. The minimum absolute atomic E-state index is 0.232. The number of rotatable bonds is 3. The molecule has 0 aliphatic carbocycles. The van der Waals surface area contributed by atoms with Crippen molar-refractivity contribution in [2.75, 3.05) is 5.73 Å². The van der Waals surface area contributed by atoms with Crippen molar-refractivity contribution in [3.05, 3.63) is 28.4 Å². The van der Waals surface area contributed by atoms with Crippen LogP contribution in [0.5, 0.6) is 0 Å². The van der Waals surface area contributed by atoms with Crippen LogP contribution in [0.3, 0.4) is 0 Å². The van der Waals surface area contributed by atoms with E-state index < -0.39 is 0 Å². The van der Waals surface area contributed by atoms with Crippen LogP contribution < -0.4 is 11.1 Å². The van der Waals surface area contributed by atoms with E-state index in [4.69, 9.17) is 5.73 Å². The number of nitrogen functional groups attached to an aromatic ring is 1. The normalized spacial score (nSPS) is 10.7. The number of nitrogens with one attached hydrogen (secondary N) is 1. The zero-order valence-corrected chi connectivity index (χ0v) is 12.0. The molecule has 0 radical (unpaired) electrons. The second kappa shape index (κ2) is 4.97. The van der Waals surface area contributed by atoms with Crippen LogP contribution in [-0.4, -0.2) is 16.1 Å². The molecule has 2 heterocycles. The van der Waals surface area contributed by atoms with Gasteiger partial charge in [0.1, 0.15) is 9.71 Å². The van der Waals surface area contributed by atoms with Crippen molar-refractivity contribution in [3.8, 4) is 0 Å². The van der Waals surface area contributed by atoms with Gasteiger partial charge in [-0.25, -0.2) is 0 Å². The van der Waals surface area contributed by atoms with Gasteiger partial charge >= 0.3 is 0 Å². The number of nitrogens with zero attached hydrogens (tertiary/aromatic N) is 2. The van der Waals surface area contributed by atoms with Crippen molar-refractivity contribution in [3.63, 3.8) is 0 Å². The number of allylic oxidation sites excluding steroid dienone is 1. The predicted octanol–water partition coefficient (Wildman–Crippen LogP) is 2.54. The number of hydrogen-bond acceptors (Lipinski definition) is 5. The van der Waals surface area contributed by atoms with E-state index in [9.17, 15) is 4.79 Å². The van der Waals surface area contributed by atoms with E-state index in [1.807, 2.05) is 20.8 Å². The van der Waals surface area contributed by atoms with Crippen molar-refractivity contribution in [1.82, 2.24) is 15.5 Å². The molecule has 0 aliphatic rings. The first-order chi connectivity index (χ1) is 8.95. The third kappa shape index (κ3) is 2.31. The summed E-state index contributed by atoms with van der Waals surface area (Å²) in [5.74, 6) is -0.232.